The Hall–Kier alpha value is -1.98. The molecule has 31 heavy (non-hydrogen) atoms. The molecule has 1 atom stereocenters. The molecule has 6 heteroatoms. The van der Waals surface area contributed by atoms with Crippen LogP contribution in [0.15, 0.2) is 48.5 Å². The van der Waals surface area contributed by atoms with E-state index in [4.69, 9.17) is 11.6 Å². The summed E-state index contributed by atoms with van der Waals surface area (Å²) >= 11 is 7.60. The number of nitrogens with one attached hydrogen (secondary N) is 1. The number of benzene rings is 2. The molecule has 4 nitrogen and oxygen atoms in total. The lowest BCUT2D eigenvalue weighted by Crippen LogP contribution is -2.49. The van der Waals surface area contributed by atoms with Gasteiger partial charge in [-0.1, -0.05) is 73.8 Å². The summed E-state index contributed by atoms with van der Waals surface area (Å²) in [4.78, 5) is 27.8. The van der Waals surface area contributed by atoms with Gasteiger partial charge in [-0.3, -0.25) is 9.59 Å². The number of carbonyl (C=O) groups excluding carboxylic acids is 2. The summed E-state index contributed by atoms with van der Waals surface area (Å²) in [7, 11) is 0. The van der Waals surface area contributed by atoms with Crippen LogP contribution in [0.3, 0.4) is 0 Å². The molecule has 0 bridgehead atoms. The number of aryl methyl sites for hydroxylation is 1. The van der Waals surface area contributed by atoms with Gasteiger partial charge in [0.15, 0.2) is 0 Å². The zero-order valence-electron chi connectivity index (χ0n) is 18.7. The minimum atomic E-state index is -0.475. The van der Waals surface area contributed by atoms with E-state index in [0.29, 0.717) is 36.0 Å². The highest BCUT2D eigenvalue weighted by Gasteiger charge is 2.28. The number of nitrogens with zero attached hydrogens (tertiary/aromatic N) is 1. The Morgan fingerprint density at radius 2 is 1.84 bits per heavy atom. The summed E-state index contributed by atoms with van der Waals surface area (Å²) in [6, 6.07) is 15.3. The number of rotatable bonds is 12. The van der Waals surface area contributed by atoms with Crippen molar-refractivity contribution in [1.29, 1.82) is 0 Å². The van der Waals surface area contributed by atoms with Crippen LogP contribution in [0.2, 0.25) is 5.02 Å². The number of hydrogen-bond acceptors (Lipinski definition) is 3. The van der Waals surface area contributed by atoms with Crippen molar-refractivity contribution in [3.8, 4) is 0 Å². The Labute approximate surface area is 195 Å². The summed E-state index contributed by atoms with van der Waals surface area (Å²) < 4.78 is 0. The highest BCUT2D eigenvalue weighted by Crippen LogP contribution is 2.19. The molecule has 0 radical (unpaired) electrons. The van der Waals surface area contributed by atoms with Crippen molar-refractivity contribution >= 4 is 35.2 Å². The molecule has 0 aliphatic heterocycles. The second kappa shape index (κ2) is 13.4. The summed E-state index contributed by atoms with van der Waals surface area (Å²) in [5.74, 6) is 0.919. The minimum Gasteiger partial charge on any atom is -0.354 e. The summed E-state index contributed by atoms with van der Waals surface area (Å²) in [6.07, 6.45) is 2.53. The first kappa shape index (κ1) is 25.3. The Bertz CT molecular complexity index is 842. The van der Waals surface area contributed by atoms with E-state index in [0.717, 1.165) is 24.0 Å². The van der Waals surface area contributed by atoms with E-state index in [2.05, 4.69) is 12.2 Å². The summed E-state index contributed by atoms with van der Waals surface area (Å²) in [5, 5.41) is 3.69. The number of unbranched alkanes of at least 4 members (excludes halogenated alkanes) is 1. The largest absolute Gasteiger partial charge is 0.354 e. The topological polar surface area (TPSA) is 49.4 Å². The summed E-state index contributed by atoms with van der Waals surface area (Å²) in [5.41, 5.74) is 3.28. The Balaban J connectivity index is 2.09. The van der Waals surface area contributed by atoms with E-state index in [1.165, 1.54) is 5.56 Å². The lowest BCUT2D eigenvalue weighted by Gasteiger charge is -2.30. The standard InChI is InChI=1S/C25H33ClN2O2S/c1-4-6-14-27-25(30)23(5-2)28(16-20-12-10-19(3)11-13-20)24(29)18-31-17-21-8-7-9-22(26)15-21/h7-13,15,23H,4-6,14,16-18H2,1-3H3,(H,27,30)/t23-/m0/s1. The lowest BCUT2D eigenvalue weighted by atomic mass is 10.1. The fraction of sp³-hybridized carbons (Fsp3) is 0.440. The zero-order chi connectivity index (χ0) is 22.6. The van der Waals surface area contributed by atoms with Crippen LogP contribution >= 0.6 is 23.4 Å². The van der Waals surface area contributed by atoms with Gasteiger partial charge in [-0.2, -0.15) is 0 Å². The maximum atomic E-state index is 13.2. The van der Waals surface area contributed by atoms with Gasteiger partial charge < -0.3 is 10.2 Å². The average molecular weight is 461 g/mol. The van der Waals surface area contributed by atoms with E-state index in [1.54, 1.807) is 16.7 Å². The number of thioether (sulfide) groups is 1. The van der Waals surface area contributed by atoms with Crippen molar-refractivity contribution < 1.29 is 9.59 Å². The molecule has 0 aromatic heterocycles. The van der Waals surface area contributed by atoms with Gasteiger partial charge in [0.05, 0.1) is 5.75 Å². The second-order valence-electron chi connectivity index (χ2n) is 7.70. The Morgan fingerprint density at radius 3 is 2.48 bits per heavy atom. The van der Waals surface area contributed by atoms with Crippen LogP contribution in [-0.4, -0.2) is 35.1 Å². The highest BCUT2D eigenvalue weighted by molar-refractivity contribution is 7.99. The quantitative estimate of drug-likeness (QED) is 0.419. The minimum absolute atomic E-state index is 0.0231. The molecule has 2 amide bonds. The predicted molar refractivity (Wildman–Crippen MR) is 131 cm³/mol. The molecule has 0 unspecified atom stereocenters. The number of amides is 2. The molecule has 0 aliphatic rings. The molecule has 2 rings (SSSR count). The fourth-order valence-corrected chi connectivity index (χ4v) is 4.35. The Morgan fingerprint density at radius 1 is 1.10 bits per heavy atom. The lowest BCUT2D eigenvalue weighted by molar-refractivity contribution is -0.139. The van der Waals surface area contributed by atoms with Crippen LogP contribution in [0.5, 0.6) is 0 Å². The van der Waals surface area contributed by atoms with E-state index < -0.39 is 6.04 Å². The maximum Gasteiger partial charge on any atom is 0.242 e. The maximum absolute atomic E-state index is 13.2. The van der Waals surface area contributed by atoms with Crippen LogP contribution in [0, 0.1) is 6.92 Å². The van der Waals surface area contributed by atoms with Gasteiger partial charge in [0, 0.05) is 23.9 Å². The molecular weight excluding hydrogens is 428 g/mol. The van der Waals surface area contributed by atoms with Gasteiger partial charge in [0.2, 0.25) is 11.8 Å². The molecular formula is C25H33ClN2O2S. The number of halogens is 1. The highest BCUT2D eigenvalue weighted by atomic mass is 35.5. The van der Waals surface area contributed by atoms with Gasteiger partial charge in [-0.05, 0) is 43.0 Å². The van der Waals surface area contributed by atoms with Gasteiger partial charge in [-0.25, -0.2) is 0 Å². The molecule has 0 heterocycles. The fourth-order valence-electron chi connectivity index (χ4n) is 3.28. The molecule has 168 valence electrons. The van der Waals surface area contributed by atoms with E-state index in [-0.39, 0.29) is 11.8 Å². The predicted octanol–water partition coefficient (Wildman–Crippen LogP) is 5.61. The Kier molecular flexibility index (Phi) is 11.0. The number of hydrogen-bond donors (Lipinski definition) is 1. The average Bonchev–Trinajstić information content (AvgIpc) is 2.75. The van der Waals surface area contributed by atoms with Crippen LogP contribution in [0.4, 0.5) is 0 Å². The first-order chi connectivity index (χ1) is 14.9. The monoisotopic (exact) mass is 460 g/mol. The first-order valence-corrected chi connectivity index (χ1v) is 12.4. The number of carbonyl (C=O) groups is 2. The van der Waals surface area contributed by atoms with Crippen molar-refractivity contribution in [2.24, 2.45) is 0 Å². The molecule has 1 N–H and O–H groups in total. The normalized spacial score (nSPS) is 11.7. The smallest absolute Gasteiger partial charge is 0.242 e. The molecule has 2 aromatic rings. The van der Waals surface area contributed by atoms with Crippen LogP contribution in [0.1, 0.15) is 49.8 Å². The van der Waals surface area contributed by atoms with E-state index >= 15 is 0 Å². The van der Waals surface area contributed by atoms with Crippen molar-refractivity contribution in [3.63, 3.8) is 0 Å². The van der Waals surface area contributed by atoms with Gasteiger partial charge in [0.1, 0.15) is 6.04 Å². The van der Waals surface area contributed by atoms with Crippen molar-refractivity contribution in [2.75, 3.05) is 12.3 Å². The third-order valence-corrected chi connectivity index (χ3v) is 6.30. The zero-order valence-corrected chi connectivity index (χ0v) is 20.3. The molecule has 0 aliphatic carbocycles. The van der Waals surface area contributed by atoms with Gasteiger partial charge >= 0.3 is 0 Å². The second-order valence-corrected chi connectivity index (χ2v) is 9.12. The van der Waals surface area contributed by atoms with E-state index in [1.807, 2.05) is 62.4 Å². The third-order valence-electron chi connectivity index (χ3n) is 5.07. The first-order valence-electron chi connectivity index (χ1n) is 10.9. The summed E-state index contributed by atoms with van der Waals surface area (Å²) in [6.45, 7) is 7.15. The molecule has 0 saturated carbocycles. The molecule has 0 saturated heterocycles. The van der Waals surface area contributed by atoms with Crippen LogP contribution < -0.4 is 5.32 Å². The molecule has 0 fully saturated rings. The third kappa shape index (κ3) is 8.58. The van der Waals surface area contributed by atoms with Crippen LogP contribution in [-0.2, 0) is 21.9 Å². The SMILES string of the molecule is CCCCNC(=O)[C@H](CC)N(Cc1ccc(C)cc1)C(=O)CSCc1cccc(Cl)c1. The molecule has 2 aromatic carbocycles. The van der Waals surface area contributed by atoms with Crippen LogP contribution in [0.25, 0.3) is 0 Å². The van der Waals surface area contributed by atoms with Crippen molar-refractivity contribution in [3.05, 3.63) is 70.2 Å². The van der Waals surface area contributed by atoms with Crippen molar-refractivity contribution in [1.82, 2.24) is 10.2 Å². The van der Waals surface area contributed by atoms with Gasteiger partial charge in [-0.15, -0.1) is 11.8 Å². The van der Waals surface area contributed by atoms with E-state index in [9.17, 15) is 9.59 Å². The van der Waals surface area contributed by atoms with Gasteiger partial charge in [0.25, 0.3) is 0 Å². The van der Waals surface area contributed by atoms with Crippen molar-refractivity contribution in [2.45, 2.75) is 58.4 Å². The molecule has 0 spiro atoms.